The molecule has 0 spiro atoms. The predicted molar refractivity (Wildman–Crippen MR) is 82.3 cm³/mol. The number of benzene rings is 2. The molecule has 0 saturated carbocycles. The molecule has 2 aromatic carbocycles. The summed E-state index contributed by atoms with van der Waals surface area (Å²) in [4.78, 5) is 12.6. The summed E-state index contributed by atoms with van der Waals surface area (Å²) >= 11 is 18.0. The Morgan fingerprint density at radius 3 is 2.19 bits per heavy atom. The summed E-state index contributed by atoms with van der Waals surface area (Å²) < 4.78 is 10.9. The van der Waals surface area contributed by atoms with E-state index in [9.17, 15) is 4.79 Å². The van der Waals surface area contributed by atoms with Gasteiger partial charge in [0.05, 0.1) is 15.6 Å². The van der Waals surface area contributed by atoms with Crippen LogP contribution in [0, 0.1) is 0 Å². The highest BCUT2D eigenvalue weighted by Crippen LogP contribution is 2.34. The van der Waals surface area contributed by atoms with Crippen molar-refractivity contribution in [3.63, 3.8) is 0 Å². The van der Waals surface area contributed by atoms with E-state index in [0.29, 0.717) is 35.3 Å². The molecule has 0 atom stereocenters. The van der Waals surface area contributed by atoms with Crippen LogP contribution >= 0.6 is 34.8 Å². The van der Waals surface area contributed by atoms with Gasteiger partial charge in [0.1, 0.15) is 13.2 Å². The number of ketones is 1. The third kappa shape index (κ3) is 2.82. The lowest BCUT2D eigenvalue weighted by Crippen LogP contribution is -2.16. The van der Waals surface area contributed by atoms with Gasteiger partial charge in [0, 0.05) is 10.6 Å². The zero-order chi connectivity index (χ0) is 15.0. The van der Waals surface area contributed by atoms with Crippen molar-refractivity contribution in [2.24, 2.45) is 0 Å². The van der Waals surface area contributed by atoms with Gasteiger partial charge in [-0.05, 0) is 30.3 Å². The van der Waals surface area contributed by atoms with Crippen molar-refractivity contribution < 1.29 is 14.3 Å². The Morgan fingerprint density at radius 1 is 0.905 bits per heavy atom. The van der Waals surface area contributed by atoms with Crippen LogP contribution < -0.4 is 9.47 Å². The highest BCUT2D eigenvalue weighted by atomic mass is 35.5. The molecule has 1 heterocycles. The molecule has 0 aromatic heterocycles. The van der Waals surface area contributed by atoms with E-state index in [1.54, 1.807) is 18.2 Å². The topological polar surface area (TPSA) is 35.5 Å². The normalized spacial score (nSPS) is 13.1. The summed E-state index contributed by atoms with van der Waals surface area (Å²) in [6.45, 7) is 0.947. The molecule has 21 heavy (non-hydrogen) atoms. The van der Waals surface area contributed by atoms with Crippen molar-refractivity contribution in [1.29, 1.82) is 0 Å². The van der Waals surface area contributed by atoms with Crippen LogP contribution in [-0.2, 0) is 0 Å². The van der Waals surface area contributed by atoms with E-state index in [1.165, 1.54) is 12.1 Å². The summed E-state index contributed by atoms with van der Waals surface area (Å²) in [5.41, 5.74) is 0.643. The minimum absolute atomic E-state index is 0.215. The molecule has 3 nitrogen and oxygen atoms in total. The number of carbonyl (C=O) groups is 1. The molecule has 108 valence electrons. The SMILES string of the molecule is O=C(c1ccc2c(c1)OCCO2)c1c(Cl)cc(Cl)cc1Cl. The Balaban J connectivity index is 2.03. The fourth-order valence-corrected chi connectivity index (χ4v) is 3.08. The second-order valence-electron chi connectivity index (χ2n) is 4.43. The first-order chi connectivity index (χ1) is 10.1. The fourth-order valence-electron chi connectivity index (χ4n) is 2.09. The Morgan fingerprint density at radius 2 is 1.52 bits per heavy atom. The van der Waals surface area contributed by atoms with Crippen LogP contribution in [0.15, 0.2) is 30.3 Å². The van der Waals surface area contributed by atoms with Gasteiger partial charge < -0.3 is 9.47 Å². The molecule has 0 amide bonds. The molecule has 1 aliphatic heterocycles. The molecule has 3 rings (SSSR count). The van der Waals surface area contributed by atoms with Crippen LogP contribution in [0.3, 0.4) is 0 Å². The molecule has 6 heteroatoms. The lowest BCUT2D eigenvalue weighted by molar-refractivity contribution is 0.103. The molecule has 0 saturated heterocycles. The first kappa shape index (κ1) is 14.5. The molecule has 0 N–H and O–H groups in total. The summed E-state index contributed by atoms with van der Waals surface area (Å²) in [6, 6.07) is 7.94. The standard InChI is InChI=1S/C15H9Cl3O3/c16-9-6-10(17)14(11(18)7-9)15(19)8-1-2-12-13(5-8)21-4-3-20-12/h1-2,5-7H,3-4H2. The smallest absolute Gasteiger partial charge is 0.196 e. The molecule has 0 unspecified atom stereocenters. The van der Waals surface area contributed by atoms with Gasteiger partial charge in [0.2, 0.25) is 0 Å². The molecule has 0 bridgehead atoms. The minimum atomic E-state index is -0.293. The van der Waals surface area contributed by atoms with Gasteiger partial charge in [0.15, 0.2) is 17.3 Å². The van der Waals surface area contributed by atoms with Gasteiger partial charge in [-0.3, -0.25) is 4.79 Å². The Labute approximate surface area is 136 Å². The van der Waals surface area contributed by atoms with E-state index in [-0.39, 0.29) is 21.4 Å². The van der Waals surface area contributed by atoms with Gasteiger partial charge in [0.25, 0.3) is 0 Å². The summed E-state index contributed by atoms with van der Waals surface area (Å²) in [6.07, 6.45) is 0. The fraction of sp³-hybridized carbons (Fsp3) is 0.133. The molecule has 1 aliphatic rings. The number of hydrogen-bond acceptors (Lipinski definition) is 3. The number of rotatable bonds is 2. The van der Waals surface area contributed by atoms with Crippen LogP contribution in [0.5, 0.6) is 11.5 Å². The summed E-state index contributed by atoms with van der Waals surface area (Å²) in [7, 11) is 0. The van der Waals surface area contributed by atoms with Gasteiger partial charge in [-0.1, -0.05) is 34.8 Å². The van der Waals surface area contributed by atoms with Crippen molar-refractivity contribution in [3.8, 4) is 11.5 Å². The highest BCUT2D eigenvalue weighted by molar-refractivity contribution is 6.43. The first-order valence-corrected chi connectivity index (χ1v) is 7.28. The second kappa shape index (κ2) is 5.76. The maximum atomic E-state index is 12.6. The number of halogens is 3. The zero-order valence-corrected chi connectivity index (χ0v) is 12.9. The maximum Gasteiger partial charge on any atom is 0.196 e. The van der Waals surface area contributed by atoms with Crippen LogP contribution in [-0.4, -0.2) is 19.0 Å². The van der Waals surface area contributed by atoms with Crippen LogP contribution in [0.2, 0.25) is 15.1 Å². The Kier molecular flexibility index (Phi) is 3.98. The first-order valence-electron chi connectivity index (χ1n) is 6.15. The quantitative estimate of drug-likeness (QED) is 0.745. The second-order valence-corrected chi connectivity index (χ2v) is 5.68. The van der Waals surface area contributed by atoms with Crippen molar-refractivity contribution >= 4 is 40.6 Å². The van der Waals surface area contributed by atoms with Gasteiger partial charge in [-0.25, -0.2) is 0 Å². The van der Waals surface area contributed by atoms with Crippen molar-refractivity contribution in [1.82, 2.24) is 0 Å². The largest absolute Gasteiger partial charge is 0.486 e. The summed E-state index contributed by atoms with van der Waals surface area (Å²) in [5.74, 6) is 0.859. The molecule has 0 radical (unpaired) electrons. The Bertz CT molecular complexity index is 705. The number of ether oxygens (including phenoxy) is 2. The third-order valence-electron chi connectivity index (χ3n) is 3.04. The monoisotopic (exact) mass is 342 g/mol. The number of hydrogen-bond donors (Lipinski definition) is 0. The number of fused-ring (bicyclic) bond motifs is 1. The van der Waals surface area contributed by atoms with Gasteiger partial charge in [-0.15, -0.1) is 0 Å². The molecule has 2 aromatic rings. The summed E-state index contributed by atoms with van der Waals surface area (Å²) in [5, 5.41) is 0.809. The highest BCUT2D eigenvalue weighted by Gasteiger charge is 2.20. The van der Waals surface area contributed by atoms with Gasteiger partial charge in [-0.2, -0.15) is 0 Å². The minimum Gasteiger partial charge on any atom is -0.486 e. The van der Waals surface area contributed by atoms with E-state index in [4.69, 9.17) is 44.3 Å². The lowest BCUT2D eigenvalue weighted by Gasteiger charge is -2.18. The van der Waals surface area contributed by atoms with Crippen molar-refractivity contribution in [2.45, 2.75) is 0 Å². The van der Waals surface area contributed by atoms with E-state index >= 15 is 0 Å². The average molecular weight is 344 g/mol. The van der Waals surface area contributed by atoms with Crippen molar-refractivity contribution in [3.05, 3.63) is 56.5 Å². The molecule has 0 fully saturated rings. The predicted octanol–water partition coefficient (Wildman–Crippen LogP) is 4.65. The Hall–Kier alpha value is -1.42. The maximum absolute atomic E-state index is 12.6. The van der Waals surface area contributed by atoms with Crippen LogP contribution in [0.4, 0.5) is 0 Å². The van der Waals surface area contributed by atoms with Crippen molar-refractivity contribution in [2.75, 3.05) is 13.2 Å². The molecular formula is C15H9Cl3O3. The number of carbonyl (C=O) groups excluding carboxylic acids is 1. The van der Waals surface area contributed by atoms with E-state index in [2.05, 4.69) is 0 Å². The van der Waals surface area contributed by atoms with E-state index in [1.807, 2.05) is 0 Å². The lowest BCUT2D eigenvalue weighted by atomic mass is 10.0. The molecule has 0 aliphatic carbocycles. The van der Waals surface area contributed by atoms with E-state index in [0.717, 1.165) is 0 Å². The average Bonchev–Trinajstić information content (AvgIpc) is 2.45. The zero-order valence-electron chi connectivity index (χ0n) is 10.7. The molecular weight excluding hydrogens is 335 g/mol. The van der Waals surface area contributed by atoms with Crippen LogP contribution in [0.1, 0.15) is 15.9 Å². The van der Waals surface area contributed by atoms with Crippen LogP contribution in [0.25, 0.3) is 0 Å². The van der Waals surface area contributed by atoms with E-state index < -0.39 is 0 Å². The van der Waals surface area contributed by atoms with Gasteiger partial charge >= 0.3 is 0 Å². The third-order valence-corrected chi connectivity index (χ3v) is 3.85.